The standard InChI is InChI=1S/C16H12N2O4/c19-16-10-22-15-7-6-12(9-14(15)17-16)5-4-11-2-1-3-13(8-11)18(20)21/h1-9H,10H2,(H,17,19). The molecule has 22 heavy (non-hydrogen) atoms. The van der Waals surface area contributed by atoms with Crippen LogP contribution < -0.4 is 10.1 Å². The second kappa shape index (κ2) is 5.69. The van der Waals surface area contributed by atoms with E-state index in [9.17, 15) is 14.9 Å². The molecule has 0 saturated carbocycles. The van der Waals surface area contributed by atoms with E-state index >= 15 is 0 Å². The van der Waals surface area contributed by atoms with Crippen molar-refractivity contribution in [3.63, 3.8) is 0 Å². The normalized spacial score (nSPS) is 13.4. The minimum Gasteiger partial charge on any atom is -0.482 e. The van der Waals surface area contributed by atoms with Gasteiger partial charge in [0.15, 0.2) is 6.61 Å². The van der Waals surface area contributed by atoms with Crippen molar-refractivity contribution >= 4 is 29.4 Å². The number of hydrogen-bond donors (Lipinski definition) is 1. The highest BCUT2D eigenvalue weighted by atomic mass is 16.6. The van der Waals surface area contributed by atoms with Crippen molar-refractivity contribution in [2.45, 2.75) is 0 Å². The SMILES string of the molecule is O=C1COc2ccc(C=Cc3cccc([N+](=O)[O-])c3)cc2N1. The Morgan fingerprint density at radius 1 is 1.14 bits per heavy atom. The minimum absolute atomic E-state index is 0.0237. The molecule has 1 aliphatic heterocycles. The molecule has 0 bridgehead atoms. The maximum absolute atomic E-state index is 11.3. The summed E-state index contributed by atoms with van der Waals surface area (Å²) in [6.45, 7) is 0.0237. The third kappa shape index (κ3) is 2.95. The first-order valence-electron chi connectivity index (χ1n) is 6.61. The average Bonchev–Trinajstić information content (AvgIpc) is 2.52. The van der Waals surface area contributed by atoms with Crippen molar-refractivity contribution in [3.8, 4) is 5.75 Å². The zero-order valence-corrected chi connectivity index (χ0v) is 11.5. The molecule has 6 heteroatoms. The molecule has 0 radical (unpaired) electrons. The molecule has 1 heterocycles. The molecule has 0 fully saturated rings. The number of amides is 1. The number of fused-ring (bicyclic) bond motifs is 1. The molecule has 0 spiro atoms. The van der Waals surface area contributed by atoms with E-state index in [1.54, 1.807) is 30.3 Å². The molecular formula is C16H12N2O4. The summed E-state index contributed by atoms with van der Waals surface area (Å²) >= 11 is 0. The van der Waals surface area contributed by atoms with Crippen LogP contribution in [0.25, 0.3) is 12.2 Å². The van der Waals surface area contributed by atoms with Gasteiger partial charge in [0.05, 0.1) is 10.6 Å². The predicted octanol–water partition coefficient (Wildman–Crippen LogP) is 3.10. The highest BCUT2D eigenvalue weighted by molar-refractivity contribution is 5.95. The molecule has 2 aromatic rings. The second-order valence-corrected chi connectivity index (χ2v) is 4.78. The van der Waals surface area contributed by atoms with Gasteiger partial charge in [-0.3, -0.25) is 14.9 Å². The molecule has 1 N–H and O–H groups in total. The summed E-state index contributed by atoms with van der Waals surface area (Å²) in [6, 6.07) is 11.8. The van der Waals surface area contributed by atoms with Gasteiger partial charge in [-0.15, -0.1) is 0 Å². The average molecular weight is 296 g/mol. The Hall–Kier alpha value is -3.15. The molecule has 0 aromatic heterocycles. The first-order valence-corrected chi connectivity index (χ1v) is 6.61. The van der Waals surface area contributed by atoms with E-state index in [0.29, 0.717) is 11.4 Å². The first kappa shape index (κ1) is 13.8. The third-order valence-electron chi connectivity index (χ3n) is 3.19. The van der Waals surface area contributed by atoms with Gasteiger partial charge in [0.1, 0.15) is 5.75 Å². The number of nitrogens with zero attached hydrogens (tertiary/aromatic N) is 1. The highest BCUT2D eigenvalue weighted by Gasteiger charge is 2.15. The topological polar surface area (TPSA) is 81.5 Å². The van der Waals surface area contributed by atoms with Gasteiger partial charge in [0.2, 0.25) is 0 Å². The van der Waals surface area contributed by atoms with Crippen LogP contribution in [0.3, 0.4) is 0 Å². The molecule has 6 nitrogen and oxygen atoms in total. The summed E-state index contributed by atoms with van der Waals surface area (Å²) < 4.78 is 5.28. The van der Waals surface area contributed by atoms with E-state index in [1.807, 2.05) is 12.1 Å². The van der Waals surface area contributed by atoms with Crippen molar-refractivity contribution in [1.29, 1.82) is 0 Å². The van der Waals surface area contributed by atoms with Crippen LogP contribution in [0.15, 0.2) is 42.5 Å². The molecule has 110 valence electrons. The smallest absolute Gasteiger partial charge is 0.270 e. The van der Waals surface area contributed by atoms with Gasteiger partial charge >= 0.3 is 0 Å². The van der Waals surface area contributed by atoms with Crippen LogP contribution in [0.1, 0.15) is 11.1 Å². The molecule has 3 rings (SSSR count). The molecule has 1 amide bonds. The summed E-state index contributed by atoms with van der Waals surface area (Å²) in [5, 5.41) is 13.5. The van der Waals surface area contributed by atoms with E-state index < -0.39 is 4.92 Å². The Labute approximate surface area is 126 Å². The third-order valence-corrected chi connectivity index (χ3v) is 3.19. The van der Waals surface area contributed by atoms with Gasteiger partial charge < -0.3 is 10.1 Å². The van der Waals surface area contributed by atoms with Gasteiger partial charge in [-0.25, -0.2) is 0 Å². The Morgan fingerprint density at radius 3 is 2.68 bits per heavy atom. The number of rotatable bonds is 3. The lowest BCUT2D eigenvalue weighted by Gasteiger charge is -2.17. The molecule has 0 saturated heterocycles. The maximum Gasteiger partial charge on any atom is 0.270 e. The van der Waals surface area contributed by atoms with Crippen LogP contribution in [0, 0.1) is 10.1 Å². The van der Waals surface area contributed by atoms with Crippen LogP contribution in [0.2, 0.25) is 0 Å². The van der Waals surface area contributed by atoms with E-state index in [-0.39, 0.29) is 18.2 Å². The van der Waals surface area contributed by atoms with Crippen molar-refractivity contribution < 1.29 is 14.5 Å². The monoisotopic (exact) mass is 296 g/mol. The number of anilines is 1. The second-order valence-electron chi connectivity index (χ2n) is 4.78. The number of nitrogens with one attached hydrogen (secondary N) is 1. The fraction of sp³-hybridized carbons (Fsp3) is 0.0625. The van der Waals surface area contributed by atoms with Crippen LogP contribution in [0.4, 0.5) is 11.4 Å². The molecule has 0 atom stereocenters. The largest absolute Gasteiger partial charge is 0.482 e. The number of non-ortho nitro benzene ring substituents is 1. The number of benzene rings is 2. The van der Waals surface area contributed by atoms with Gasteiger partial charge in [0, 0.05) is 12.1 Å². The van der Waals surface area contributed by atoms with Crippen molar-refractivity contribution in [3.05, 3.63) is 63.7 Å². The van der Waals surface area contributed by atoms with E-state index in [1.165, 1.54) is 12.1 Å². The van der Waals surface area contributed by atoms with Crippen LogP contribution in [-0.4, -0.2) is 17.4 Å². The molecule has 2 aromatic carbocycles. The predicted molar refractivity (Wildman–Crippen MR) is 82.6 cm³/mol. The Kier molecular flexibility index (Phi) is 3.57. The fourth-order valence-corrected chi connectivity index (χ4v) is 2.14. The number of ether oxygens (including phenoxy) is 1. The lowest BCUT2D eigenvalue weighted by Crippen LogP contribution is -2.25. The van der Waals surface area contributed by atoms with E-state index in [2.05, 4.69) is 5.32 Å². The highest BCUT2D eigenvalue weighted by Crippen LogP contribution is 2.29. The van der Waals surface area contributed by atoms with E-state index in [4.69, 9.17) is 4.74 Å². The lowest BCUT2D eigenvalue weighted by atomic mass is 10.1. The van der Waals surface area contributed by atoms with Crippen LogP contribution in [-0.2, 0) is 4.79 Å². The number of hydrogen-bond acceptors (Lipinski definition) is 4. The van der Waals surface area contributed by atoms with Crippen molar-refractivity contribution in [1.82, 2.24) is 0 Å². The van der Waals surface area contributed by atoms with Gasteiger partial charge in [-0.1, -0.05) is 30.4 Å². The minimum atomic E-state index is -0.427. The fourth-order valence-electron chi connectivity index (χ4n) is 2.14. The zero-order valence-electron chi connectivity index (χ0n) is 11.5. The van der Waals surface area contributed by atoms with Crippen molar-refractivity contribution in [2.24, 2.45) is 0 Å². The lowest BCUT2D eigenvalue weighted by molar-refractivity contribution is -0.384. The summed E-state index contributed by atoms with van der Waals surface area (Å²) in [4.78, 5) is 21.6. The quantitative estimate of drug-likeness (QED) is 0.536. The summed E-state index contributed by atoms with van der Waals surface area (Å²) in [7, 11) is 0. The van der Waals surface area contributed by atoms with Gasteiger partial charge in [0.25, 0.3) is 11.6 Å². The van der Waals surface area contributed by atoms with Gasteiger partial charge in [-0.05, 0) is 23.3 Å². The summed E-state index contributed by atoms with van der Waals surface area (Å²) in [5.74, 6) is 0.444. The van der Waals surface area contributed by atoms with Crippen LogP contribution in [0.5, 0.6) is 5.75 Å². The first-order chi connectivity index (χ1) is 10.6. The Balaban J connectivity index is 1.84. The number of nitro benzene ring substituents is 1. The Morgan fingerprint density at radius 2 is 1.91 bits per heavy atom. The zero-order chi connectivity index (χ0) is 15.5. The molecule has 0 aliphatic carbocycles. The number of nitro groups is 1. The summed E-state index contributed by atoms with van der Waals surface area (Å²) in [6.07, 6.45) is 3.60. The summed E-state index contributed by atoms with van der Waals surface area (Å²) in [5.41, 5.74) is 2.26. The number of carbonyl (C=O) groups is 1. The van der Waals surface area contributed by atoms with Crippen molar-refractivity contribution in [2.75, 3.05) is 11.9 Å². The molecular weight excluding hydrogens is 284 g/mol. The van der Waals surface area contributed by atoms with E-state index in [0.717, 1.165) is 11.1 Å². The number of carbonyl (C=O) groups excluding carboxylic acids is 1. The molecule has 1 aliphatic rings. The van der Waals surface area contributed by atoms with Crippen LogP contribution >= 0.6 is 0 Å². The van der Waals surface area contributed by atoms with Gasteiger partial charge in [-0.2, -0.15) is 0 Å². The Bertz CT molecular complexity index is 783. The maximum atomic E-state index is 11.3. The molecule has 0 unspecified atom stereocenters.